The average Bonchev–Trinajstić information content (AvgIpc) is 2.58. The highest BCUT2D eigenvalue weighted by Crippen LogP contribution is 2.33. The molecule has 7 heteroatoms. The van der Waals surface area contributed by atoms with E-state index in [0.717, 1.165) is 0 Å². The Kier molecular flexibility index (Phi) is 3.36. The fourth-order valence-corrected chi connectivity index (χ4v) is 5.17. The van der Waals surface area contributed by atoms with Crippen LogP contribution >= 0.6 is 0 Å². The van der Waals surface area contributed by atoms with E-state index in [9.17, 15) is 18.0 Å². The van der Waals surface area contributed by atoms with Crippen molar-refractivity contribution in [2.45, 2.75) is 51.2 Å². The van der Waals surface area contributed by atoms with E-state index in [4.69, 9.17) is 0 Å². The molecule has 0 aromatic carbocycles. The highest BCUT2D eigenvalue weighted by molar-refractivity contribution is 7.91. The number of hydrogen-bond acceptors (Lipinski definition) is 4. The molecule has 0 spiro atoms. The van der Waals surface area contributed by atoms with E-state index in [2.05, 4.69) is 5.32 Å². The van der Waals surface area contributed by atoms with Gasteiger partial charge in [-0.05, 0) is 26.7 Å². The summed E-state index contributed by atoms with van der Waals surface area (Å²) >= 11 is 0. The first kappa shape index (κ1) is 14.3. The highest BCUT2D eigenvalue weighted by Gasteiger charge is 2.51. The Morgan fingerprint density at radius 1 is 1.42 bits per heavy atom. The molecule has 3 atom stereocenters. The summed E-state index contributed by atoms with van der Waals surface area (Å²) in [6.45, 7) is 5.22. The summed E-state index contributed by atoms with van der Waals surface area (Å²) in [6.07, 6.45) is 0.886. The van der Waals surface area contributed by atoms with Gasteiger partial charge in [0, 0.05) is 0 Å². The van der Waals surface area contributed by atoms with Gasteiger partial charge in [-0.2, -0.15) is 0 Å². The summed E-state index contributed by atoms with van der Waals surface area (Å²) in [4.78, 5) is 25.9. The molecule has 0 saturated carbocycles. The maximum Gasteiger partial charge on any atom is 0.246 e. The summed E-state index contributed by atoms with van der Waals surface area (Å²) in [5.41, 5.74) is -0.761. The second-order valence-electron chi connectivity index (χ2n) is 5.70. The number of nitrogens with one attached hydrogen (secondary N) is 1. The van der Waals surface area contributed by atoms with E-state index >= 15 is 0 Å². The Morgan fingerprint density at radius 2 is 2.05 bits per heavy atom. The molecule has 0 aromatic heterocycles. The molecule has 2 aliphatic heterocycles. The van der Waals surface area contributed by atoms with Gasteiger partial charge in [-0.3, -0.25) is 9.59 Å². The van der Waals surface area contributed by atoms with Crippen LogP contribution in [0.2, 0.25) is 0 Å². The van der Waals surface area contributed by atoms with Crippen LogP contribution in [0.25, 0.3) is 0 Å². The minimum atomic E-state index is -3.12. The normalized spacial score (nSPS) is 38.4. The number of nitrogens with zero attached hydrogens (tertiary/aromatic N) is 1. The number of hydrogen-bond donors (Lipinski definition) is 1. The van der Waals surface area contributed by atoms with Gasteiger partial charge in [0.2, 0.25) is 11.8 Å². The average molecular weight is 288 g/mol. The van der Waals surface area contributed by atoms with Crippen LogP contribution in [0.5, 0.6) is 0 Å². The van der Waals surface area contributed by atoms with Crippen LogP contribution in [0.3, 0.4) is 0 Å². The SMILES string of the molecule is CCC1C(=O)NC(C)C(=O)N1C1(C)CCS(=O)(=O)C1. The zero-order chi connectivity index (χ0) is 14.4. The highest BCUT2D eigenvalue weighted by atomic mass is 32.2. The third-order valence-corrected chi connectivity index (χ3v) is 5.92. The van der Waals surface area contributed by atoms with Crippen molar-refractivity contribution < 1.29 is 18.0 Å². The monoisotopic (exact) mass is 288 g/mol. The van der Waals surface area contributed by atoms with E-state index in [1.54, 1.807) is 13.8 Å². The van der Waals surface area contributed by atoms with Gasteiger partial charge < -0.3 is 10.2 Å². The first-order chi connectivity index (χ1) is 8.70. The second kappa shape index (κ2) is 4.47. The van der Waals surface area contributed by atoms with Crippen LogP contribution in [0.4, 0.5) is 0 Å². The quantitative estimate of drug-likeness (QED) is 0.755. The van der Waals surface area contributed by atoms with E-state index in [1.165, 1.54) is 4.90 Å². The molecule has 108 valence electrons. The van der Waals surface area contributed by atoms with Crippen LogP contribution < -0.4 is 5.32 Å². The lowest BCUT2D eigenvalue weighted by Gasteiger charge is -2.46. The van der Waals surface area contributed by atoms with Crippen LogP contribution in [0.1, 0.15) is 33.6 Å². The van der Waals surface area contributed by atoms with Crippen LogP contribution in [-0.4, -0.2) is 54.3 Å². The third kappa shape index (κ3) is 2.35. The lowest BCUT2D eigenvalue weighted by molar-refractivity contribution is -0.155. The summed E-state index contributed by atoms with van der Waals surface area (Å²) in [7, 11) is -3.12. The van der Waals surface area contributed by atoms with Gasteiger partial charge in [-0.25, -0.2) is 8.42 Å². The van der Waals surface area contributed by atoms with Crippen molar-refractivity contribution in [3.8, 4) is 0 Å². The van der Waals surface area contributed by atoms with Crippen molar-refractivity contribution in [1.29, 1.82) is 0 Å². The number of carbonyl (C=O) groups is 2. The van der Waals surface area contributed by atoms with Crippen molar-refractivity contribution in [3.05, 3.63) is 0 Å². The molecule has 6 nitrogen and oxygen atoms in total. The smallest absolute Gasteiger partial charge is 0.246 e. The molecule has 2 saturated heterocycles. The van der Waals surface area contributed by atoms with E-state index < -0.39 is 27.5 Å². The molecule has 0 aliphatic carbocycles. The summed E-state index contributed by atoms with van der Waals surface area (Å²) < 4.78 is 23.4. The molecule has 2 fully saturated rings. The van der Waals surface area contributed by atoms with Gasteiger partial charge >= 0.3 is 0 Å². The van der Waals surface area contributed by atoms with Crippen molar-refractivity contribution >= 4 is 21.7 Å². The molecule has 3 unspecified atom stereocenters. The fourth-order valence-electron chi connectivity index (χ4n) is 3.04. The van der Waals surface area contributed by atoms with Gasteiger partial charge in [0.05, 0.1) is 17.0 Å². The second-order valence-corrected chi connectivity index (χ2v) is 7.89. The molecule has 19 heavy (non-hydrogen) atoms. The van der Waals surface area contributed by atoms with Gasteiger partial charge in [0.25, 0.3) is 0 Å². The lowest BCUT2D eigenvalue weighted by atomic mass is 9.92. The Morgan fingerprint density at radius 3 is 2.53 bits per heavy atom. The van der Waals surface area contributed by atoms with E-state index in [-0.39, 0.29) is 23.3 Å². The third-order valence-electron chi connectivity index (χ3n) is 4.03. The molecule has 2 aliphatic rings. The predicted octanol–water partition coefficient (Wildman–Crippen LogP) is -0.311. The molecule has 2 heterocycles. The van der Waals surface area contributed by atoms with Crippen LogP contribution in [0, 0.1) is 0 Å². The van der Waals surface area contributed by atoms with Crippen LogP contribution in [-0.2, 0) is 19.4 Å². The molecule has 0 bridgehead atoms. The maximum absolute atomic E-state index is 12.4. The number of amides is 2. The van der Waals surface area contributed by atoms with Crippen molar-refractivity contribution in [2.24, 2.45) is 0 Å². The van der Waals surface area contributed by atoms with Gasteiger partial charge in [0.1, 0.15) is 12.1 Å². The Balaban J connectivity index is 2.39. The first-order valence-electron chi connectivity index (χ1n) is 6.54. The van der Waals surface area contributed by atoms with Crippen LogP contribution in [0.15, 0.2) is 0 Å². The minimum absolute atomic E-state index is 0.0533. The number of piperazine rings is 1. The molecule has 0 radical (unpaired) electrons. The van der Waals surface area contributed by atoms with Crippen molar-refractivity contribution in [2.75, 3.05) is 11.5 Å². The molecule has 0 aromatic rings. The zero-order valence-electron chi connectivity index (χ0n) is 11.5. The molecule has 2 rings (SSSR count). The van der Waals surface area contributed by atoms with E-state index in [1.807, 2.05) is 6.92 Å². The van der Waals surface area contributed by atoms with Gasteiger partial charge in [-0.15, -0.1) is 0 Å². The number of carbonyl (C=O) groups excluding carboxylic acids is 2. The minimum Gasteiger partial charge on any atom is -0.343 e. The largest absolute Gasteiger partial charge is 0.343 e. The molecular formula is C12H20N2O4S. The number of sulfone groups is 1. The van der Waals surface area contributed by atoms with Crippen molar-refractivity contribution in [3.63, 3.8) is 0 Å². The molecular weight excluding hydrogens is 268 g/mol. The van der Waals surface area contributed by atoms with Gasteiger partial charge in [0.15, 0.2) is 9.84 Å². The van der Waals surface area contributed by atoms with Gasteiger partial charge in [-0.1, -0.05) is 6.92 Å². The molecule has 2 amide bonds. The standard InChI is InChI=1S/C12H20N2O4S/c1-4-9-10(15)13-8(2)11(16)14(9)12(3)5-6-19(17,18)7-12/h8-9H,4-7H2,1-3H3,(H,13,15). The zero-order valence-corrected chi connectivity index (χ0v) is 12.3. The first-order valence-corrected chi connectivity index (χ1v) is 8.36. The topological polar surface area (TPSA) is 83.6 Å². The van der Waals surface area contributed by atoms with Crippen molar-refractivity contribution in [1.82, 2.24) is 10.2 Å². The summed E-state index contributed by atoms with van der Waals surface area (Å²) in [5, 5.41) is 2.64. The summed E-state index contributed by atoms with van der Waals surface area (Å²) in [5.74, 6) is -0.353. The summed E-state index contributed by atoms with van der Waals surface area (Å²) in [6, 6.07) is -1.16. The Bertz CT molecular complexity index is 516. The Labute approximate surface area is 113 Å². The Hall–Kier alpha value is -1.11. The predicted molar refractivity (Wildman–Crippen MR) is 70.2 cm³/mol. The molecule has 1 N–H and O–H groups in total. The maximum atomic E-state index is 12.4. The lowest BCUT2D eigenvalue weighted by Crippen LogP contribution is -2.68. The fraction of sp³-hybridized carbons (Fsp3) is 0.833. The van der Waals surface area contributed by atoms with E-state index in [0.29, 0.717) is 12.8 Å². The number of rotatable bonds is 2.